The molecule has 0 saturated carbocycles. The second-order valence-corrected chi connectivity index (χ2v) is 14.7. The molecule has 0 aliphatic carbocycles. The summed E-state index contributed by atoms with van der Waals surface area (Å²) in [6.07, 6.45) is 1.95. The molecule has 0 unspecified atom stereocenters. The lowest BCUT2D eigenvalue weighted by atomic mass is 10.0. The van der Waals surface area contributed by atoms with E-state index in [1.54, 1.807) is 7.11 Å². The van der Waals surface area contributed by atoms with Crippen molar-refractivity contribution in [1.82, 2.24) is 9.78 Å². The van der Waals surface area contributed by atoms with Crippen LogP contribution in [0, 0.1) is 6.92 Å². The summed E-state index contributed by atoms with van der Waals surface area (Å²) in [5.74, 6) is 0. The zero-order valence-corrected chi connectivity index (χ0v) is 22.0. The molecule has 1 atom stereocenters. The zero-order chi connectivity index (χ0) is 24.1. The summed E-state index contributed by atoms with van der Waals surface area (Å²) >= 11 is 0. The maximum absolute atomic E-state index is 6.63. The van der Waals surface area contributed by atoms with Crippen LogP contribution >= 0.6 is 0 Å². The number of rotatable bonds is 9. The maximum Gasteiger partial charge on any atom is 0.192 e. The van der Waals surface area contributed by atoms with E-state index in [0.29, 0.717) is 13.2 Å². The number of nitrogens with zero attached hydrogens (tertiary/aromatic N) is 3. The lowest BCUT2D eigenvalue weighted by molar-refractivity contribution is 0.0586. The van der Waals surface area contributed by atoms with Crippen molar-refractivity contribution in [3.05, 3.63) is 83.7 Å². The van der Waals surface area contributed by atoms with Crippen molar-refractivity contribution in [2.75, 3.05) is 13.7 Å². The molecule has 6 heteroatoms. The maximum atomic E-state index is 6.63. The summed E-state index contributed by atoms with van der Waals surface area (Å²) in [5.41, 5.74) is 4.85. The van der Waals surface area contributed by atoms with Gasteiger partial charge in [-0.3, -0.25) is 4.68 Å². The lowest BCUT2D eigenvalue weighted by Gasteiger charge is -2.39. The Kier molecular flexibility index (Phi) is 8.05. The molecule has 0 spiro atoms. The Labute approximate surface area is 199 Å². The van der Waals surface area contributed by atoms with Gasteiger partial charge in [0.15, 0.2) is 8.32 Å². The Morgan fingerprint density at radius 3 is 2.03 bits per heavy atom. The fourth-order valence-corrected chi connectivity index (χ4v) is 4.76. The molecular weight excluding hydrogens is 426 g/mol. The number of methoxy groups -OCH3 is 1. The Bertz CT molecular complexity index is 1010. The first-order chi connectivity index (χ1) is 15.6. The summed E-state index contributed by atoms with van der Waals surface area (Å²) in [6.45, 7) is 14.5. The first kappa shape index (κ1) is 25.1. The van der Waals surface area contributed by atoms with Gasteiger partial charge in [0.05, 0.1) is 36.9 Å². The Balaban J connectivity index is 1.91. The second-order valence-electron chi connectivity index (χ2n) is 9.97. The van der Waals surface area contributed by atoms with E-state index < -0.39 is 8.32 Å². The molecule has 0 fully saturated rings. The number of hydrogen-bond acceptors (Lipinski definition) is 4. The van der Waals surface area contributed by atoms with E-state index in [9.17, 15) is 0 Å². The number of aliphatic imine (C=N–C) groups is 1. The average molecular weight is 464 g/mol. The molecular formula is C27H37N3O2Si. The first-order valence-electron chi connectivity index (χ1n) is 11.5. The summed E-state index contributed by atoms with van der Waals surface area (Å²) in [7, 11) is -0.209. The Hall–Kier alpha value is -2.54. The van der Waals surface area contributed by atoms with Gasteiger partial charge in [0.1, 0.15) is 5.69 Å². The average Bonchev–Trinajstić information content (AvgIpc) is 3.11. The highest BCUT2D eigenvalue weighted by atomic mass is 28.4. The highest BCUT2D eigenvalue weighted by Crippen LogP contribution is 2.37. The number of aryl methyl sites for hydroxylation is 1. The van der Waals surface area contributed by atoms with E-state index in [1.807, 2.05) is 54.2 Å². The molecule has 5 nitrogen and oxygen atoms in total. The molecule has 1 aromatic heterocycles. The largest absolute Gasteiger partial charge is 0.410 e. The minimum atomic E-state index is -1.93. The SMILES string of the molecule is COC[C@@H](Cn1cc(N=C(c2ccccc2)c2ccccc2)c(C)n1)O[Si](C)(C)C(C)(C)C. The van der Waals surface area contributed by atoms with Crippen LogP contribution in [0.4, 0.5) is 5.69 Å². The summed E-state index contributed by atoms with van der Waals surface area (Å²) in [4.78, 5) is 5.06. The van der Waals surface area contributed by atoms with E-state index in [4.69, 9.17) is 19.3 Å². The van der Waals surface area contributed by atoms with E-state index in [0.717, 1.165) is 28.2 Å². The van der Waals surface area contributed by atoms with Crippen molar-refractivity contribution >= 4 is 19.7 Å². The van der Waals surface area contributed by atoms with Crippen molar-refractivity contribution in [3.8, 4) is 0 Å². The van der Waals surface area contributed by atoms with E-state index in [2.05, 4.69) is 58.1 Å². The van der Waals surface area contributed by atoms with Gasteiger partial charge in [0.25, 0.3) is 0 Å². The molecule has 3 rings (SSSR count). The van der Waals surface area contributed by atoms with Crippen LogP contribution in [-0.4, -0.2) is 43.6 Å². The Morgan fingerprint density at radius 2 is 1.55 bits per heavy atom. The minimum Gasteiger partial charge on any atom is -0.410 e. The molecule has 3 aromatic rings. The molecule has 0 aliphatic heterocycles. The quantitative estimate of drug-likeness (QED) is 0.273. The van der Waals surface area contributed by atoms with Crippen LogP contribution in [0.25, 0.3) is 0 Å². The van der Waals surface area contributed by atoms with Gasteiger partial charge in [0, 0.05) is 18.2 Å². The monoisotopic (exact) mass is 463 g/mol. The van der Waals surface area contributed by atoms with Crippen LogP contribution in [0.3, 0.4) is 0 Å². The fraction of sp³-hybridized carbons (Fsp3) is 0.407. The molecule has 0 aliphatic rings. The molecule has 1 heterocycles. The molecule has 0 N–H and O–H groups in total. The third-order valence-electron chi connectivity index (χ3n) is 6.26. The number of aromatic nitrogens is 2. The number of benzene rings is 2. The second kappa shape index (κ2) is 10.6. The number of hydrogen-bond donors (Lipinski definition) is 0. The molecule has 0 amide bonds. The standard InChI is InChI=1S/C27H37N3O2Si/c1-21-25(28-26(22-14-10-8-11-15-22)23-16-12-9-13-17-23)19-30(29-21)18-24(20-31-5)32-33(6,7)27(2,3)4/h8-17,19,24H,18,20H2,1-7H3/t24-/m1/s1. The summed E-state index contributed by atoms with van der Waals surface area (Å²) < 4.78 is 14.1. The highest BCUT2D eigenvalue weighted by Gasteiger charge is 2.39. The topological polar surface area (TPSA) is 48.6 Å². The van der Waals surface area contributed by atoms with Crippen molar-refractivity contribution in [3.63, 3.8) is 0 Å². The van der Waals surface area contributed by atoms with Crippen LogP contribution in [0.1, 0.15) is 37.6 Å². The van der Waals surface area contributed by atoms with Crippen molar-refractivity contribution in [2.45, 2.75) is 58.5 Å². The van der Waals surface area contributed by atoms with Crippen LogP contribution in [0.2, 0.25) is 18.1 Å². The van der Waals surface area contributed by atoms with Gasteiger partial charge in [0.2, 0.25) is 0 Å². The molecule has 33 heavy (non-hydrogen) atoms. The van der Waals surface area contributed by atoms with Crippen LogP contribution < -0.4 is 0 Å². The van der Waals surface area contributed by atoms with Gasteiger partial charge in [-0.15, -0.1) is 0 Å². The smallest absolute Gasteiger partial charge is 0.192 e. The lowest BCUT2D eigenvalue weighted by Crippen LogP contribution is -2.46. The molecule has 0 radical (unpaired) electrons. The van der Waals surface area contributed by atoms with Crippen molar-refractivity contribution in [1.29, 1.82) is 0 Å². The fourth-order valence-electron chi connectivity index (χ4n) is 3.43. The van der Waals surface area contributed by atoms with Gasteiger partial charge >= 0.3 is 0 Å². The van der Waals surface area contributed by atoms with Crippen molar-refractivity contribution < 1.29 is 9.16 Å². The Morgan fingerprint density at radius 1 is 1.00 bits per heavy atom. The van der Waals surface area contributed by atoms with Crippen LogP contribution in [0.5, 0.6) is 0 Å². The van der Waals surface area contributed by atoms with Crippen LogP contribution in [0.15, 0.2) is 71.9 Å². The van der Waals surface area contributed by atoms with Gasteiger partial charge in [-0.25, -0.2) is 4.99 Å². The van der Waals surface area contributed by atoms with Gasteiger partial charge in [-0.1, -0.05) is 81.4 Å². The normalized spacial score (nSPS) is 13.1. The summed E-state index contributed by atoms with van der Waals surface area (Å²) in [5, 5.41) is 4.89. The number of ether oxygens (including phenoxy) is 1. The molecule has 0 bridgehead atoms. The zero-order valence-electron chi connectivity index (χ0n) is 21.0. The van der Waals surface area contributed by atoms with Gasteiger partial charge in [-0.2, -0.15) is 5.10 Å². The van der Waals surface area contributed by atoms with Crippen molar-refractivity contribution in [2.24, 2.45) is 4.99 Å². The van der Waals surface area contributed by atoms with Gasteiger partial charge in [-0.05, 0) is 25.1 Å². The third kappa shape index (κ3) is 6.50. The van der Waals surface area contributed by atoms with Crippen LogP contribution in [-0.2, 0) is 15.7 Å². The molecule has 2 aromatic carbocycles. The summed E-state index contributed by atoms with van der Waals surface area (Å²) in [6, 6.07) is 20.6. The minimum absolute atomic E-state index is 0.0604. The molecule has 176 valence electrons. The van der Waals surface area contributed by atoms with E-state index in [-0.39, 0.29) is 11.1 Å². The predicted octanol–water partition coefficient (Wildman–Crippen LogP) is 6.40. The highest BCUT2D eigenvalue weighted by molar-refractivity contribution is 6.74. The molecule has 0 saturated heterocycles. The van der Waals surface area contributed by atoms with Gasteiger partial charge < -0.3 is 9.16 Å². The predicted molar refractivity (Wildman–Crippen MR) is 139 cm³/mol. The third-order valence-corrected chi connectivity index (χ3v) is 10.8. The first-order valence-corrected chi connectivity index (χ1v) is 14.4. The van der Waals surface area contributed by atoms with E-state index in [1.165, 1.54) is 0 Å². The van der Waals surface area contributed by atoms with E-state index >= 15 is 0 Å².